The molecule has 3 nitrogen and oxygen atoms in total. The van der Waals surface area contributed by atoms with Gasteiger partial charge in [0.1, 0.15) is 0 Å². The smallest absolute Gasteiger partial charge is 0.238 e. The van der Waals surface area contributed by atoms with Gasteiger partial charge in [-0.15, -0.1) is 13.2 Å². The van der Waals surface area contributed by atoms with Gasteiger partial charge < -0.3 is 5.32 Å². The molecule has 0 aliphatic carbocycles. The van der Waals surface area contributed by atoms with E-state index in [9.17, 15) is 4.79 Å². The number of rotatable bonds is 7. The Hall–Kier alpha value is -1.29. The van der Waals surface area contributed by atoms with Crippen LogP contribution in [0.2, 0.25) is 10.0 Å². The molecule has 0 radical (unpaired) electrons. The number of nitrogens with zero attached hydrogens (tertiary/aromatic N) is 1. The first-order chi connectivity index (χ1) is 9.06. The maximum Gasteiger partial charge on any atom is 0.238 e. The summed E-state index contributed by atoms with van der Waals surface area (Å²) in [5.41, 5.74) is 0.549. The van der Waals surface area contributed by atoms with Crippen molar-refractivity contribution in [2.45, 2.75) is 0 Å². The number of hydrogen-bond donors (Lipinski definition) is 1. The Morgan fingerprint density at radius 3 is 2.42 bits per heavy atom. The summed E-state index contributed by atoms with van der Waals surface area (Å²) in [6, 6.07) is 4.94. The van der Waals surface area contributed by atoms with E-state index < -0.39 is 0 Å². The Kier molecular flexibility index (Phi) is 6.64. The molecule has 0 aromatic heterocycles. The summed E-state index contributed by atoms with van der Waals surface area (Å²) in [6.07, 6.45) is 3.48. The van der Waals surface area contributed by atoms with Crippen LogP contribution in [0.1, 0.15) is 0 Å². The van der Waals surface area contributed by atoms with Crippen LogP contribution in [-0.2, 0) is 4.79 Å². The van der Waals surface area contributed by atoms with Gasteiger partial charge in [0.2, 0.25) is 5.91 Å². The van der Waals surface area contributed by atoms with Crippen molar-refractivity contribution in [1.82, 2.24) is 4.90 Å². The van der Waals surface area contributed by atoms with Crippen LogP contribution in [-0.4, -0.2) is 30.4 Å². The monoisotopic (exact) mass is 298 g/mol. The molecule has 0 saturated heterocycles. The first kappa shape index (κ1) is 15.8. The molecule has 0 heterocycles. The molecule has 1 amide bonds. The molecule has 1 rings (SSSR count). The molecule has 1 aromatic rings. The quantitative estimate of drug-likeness (QED) is 0.780. The van der Waals surface area contributed by atoms with Crippen molar-refractivity contribution in [2.24, 2.45) is 0 Å². The maximum atomic E-state index is 11.9. The van der Waals surface area contributed by atoms with Crippen molar-refractivity contribution in [1.29, 1.82) is 0 Å². The van der Waals surface area contributed by atoms with E-state index in [1.165, 1.54) is 0 Å². The largest absolute Gasteiger partial charge is 0.324 e. The first-order valence-electron chi connectivity index (χ1n) is 5.76. The van der Waals surface area contributed by atoms with Gasteiger partial charge in [0, 0.05) is 18.1 Å². The highest BCUT2D eigenvalue weighted by molar-refractivity contribution is 6.36. The molecule has 19 heavy (non-hydrogen) atoms. The molecule has 1 N–H and O–H groups in total. The zero-order chi connectivity index (χ0) is 14.3. The molecule has 1 aromatic carbocycles. The number of anilines is 1. The number of carbonyl (C=O) groups excluding carboxylic acids is 1. The summed E-state index contributed by atoms with van der Waals surface area (Å²) in [7, 11) is 0. The first-order valence-corrected chi connectivity index (χ1v) is 6.51. The summed E-state index contributed by atoms with van der Waals surface area (Å²) in [6.45, 7) is 8.79. The topological polar surface area (TPSA) is 32.3 Å². The number of amides is 1. The van der Waals surface area contributed by atoms with E-state index in [2.05, 4.69) is 18.5 Å². The SMILES string of the molecule is C=CCN(CC=C)CC(=O)Nc1ccc(Cl)cc1Cl. The molecule has 0 fully saturated rings. The predicted molar refractivity (Wildman–Crippen MR) is 81.9 cm³/mol. The van der Waals surface area contributed by atoms with E-state index >= 15 is 0 Å². The Morgan fingerprint density at radius 1 is 1.26 bits per heavy atom. The van der Waals surface area contributed by atoms with E-state index in [0.717, 1.165) is 0 Å². The second-order valence-corrected chi connectivity index (χ2v) is 4.79. The van der Waals surface area contributed by atoms with Gasteiger partial charge in [-0.1, -0.05) is 35.4 Å². The fraction of sp³-hybridized carbons (Fsp3) is 0.214. The van der Waals surface area contributed by atoms with Gasteiger partial charge in [0.25, 0.3) is 0 Å². The van der Waals surface area contributed by atoms with Gasteiger partial charge in [-0.3, -0.25) is 9.69 Å². The predicted octanol–water partition coefficient (Wildman–Crippen LogP) is 3.61. The lowest BCUT2D eigenvalue weighted by Crippen LogP contribution is -2.33. The molecular weight excluding hydrogens is 283 g/mol. The standard InChI is InChI=1S/C14H16Cl2N2O/c1-3-7-18(8-4-2)10-14(19)17-13-6-5-11(15)9-12(13)16/h3-6,9H,1-2,7-8,10H2,(H,17,19). The van der Waals surface area contributed by atoms with Crippen molar-refractivity contribution in [2.75, 3.05) is 25.0 Å². The average Bonchev–Trinajstić information content (AvgIpc) is 2.33. The number of hydrogen-bond acceptors (Lipinski definition) is 2. The third-order valence-corrected chi connectivity index (χ3v) is 2.89. The molecule has 0 atom stereocenters. The minimum absolute atomic E-state index is 0.145. The molecule has 0 bridgehead atoms. The van der Waals surface area contributed by atoms with Crippen molar-refractivity contribution in [3.8, 4) is 0 Å². The summed E-state index contributed by atoms with van der Waals surface area (Å²) in [4.78, 5) is 13.8. The number of halogens is 2. The van der Waals surface area contributed by atoms with Gasteiger partial charge in [-0.05, 0) is 18.2 Å². The number of benzene rings is 1. The average molecular weight is 299 g/mol. The van der Waals surface area contributed by atoms with E-state index in [-0.39, 0.29) is 12.5 Å². The Morgan fingerprint density at radius 2 is 1.89 bits per heavy atom. The van der Waals surface area contributed by atoms with E-state index in [0.29, 0.717) is 28.8 Å². The van der Waals surface area contributed by atoms with Crippen LogP contribution < -0.4 is 5.32 Å². The van der Waals surface area contributed by atoms with E-state index in [4.69, 9.17) is 23.2 Å². The third kappa shape index (κ3) is 5.47. The minimum atomic E-state index is -0.145. The van der Waals surface area contributed by atoms with E-state index in [1.807, 2.05) is 4.90 Å². The molecule has 0 unspecified atom stereocenters. The van der Waals surface area contributed by atoms with Crippen molar-refractivity contribution < 1.29 is 4.79 Å². The van der Waals surface area contributed by atoms with E-state index in [1.54, 1.807) is 30.4 Å². The maximum absolute atomic E-state index is 11.9. The number of nitrogens with one attached hydrogen (secondary N) is 1. The lowest BCUT2D eigenvalue weighted by molar-refractivity contribution is -0.117. The second kappa shape index (κ2) is 8.00. The Balaban J connectivity index is 2.62. The summed E-state index contributed by atoms with van der Waals surface area (Å²) in [5.74, 6) is -0.145. The van der Waals surface area contributed by atoms with Crippen molar-refractivity contribution in [3.05, 3.63) is 53.6 Å². The van der Waals surface area contributed by atoms with Crippen molar-refractivity contribution in [3.63, 3.8) is 0 Å². The summed E-state index contributed by atoms with van der Waals surface area (Å²) in [5, 5.41) is 3.69. The molecule has 0 saturated carbocycles. The zero-order valence-electron chi connectivity index (χ0n) is 10.5. The molecule has 102 valence electrons. The molecule has 5 heteroatoms. The van der Waals surface area contributed by atoms with Crippen LogP contribution in [0.25, 0.3) is 0 Å². The molecular formula is C14H16Cl2N2O. The van der Waals surface area contributed by atoms with Crippen LogP contribution >= 0.6 is 23.2 Å². The highest BCUT2D eigenvalue weighted by Gasteiger charge is 2.10. The molecule has 0 spiro atoms. The Labute approximate surface area is 123 Å². The van der Waals surface area contributed by atoms with Gasteiger partial charge in [0.05, 0.1) is 17.3 Å². The van der Waals surface area contributed by atoms with Crippen LogP contribution in [0.5, 0.6) is 0 Å². The molecule has 0 aliphatic rings. The lowest BCUT2D eigenvalue weighted by atomic mass is 10.3. The fourth-order valence-electron chi connectivity index (χ4n) is 1.55. The second-order valence-electron chi connectivity index (χ2n) is 3.94. The Bertz CT molecular complexity index is 465. The van der Waals surface area contributed by atoms with Crippen LogP contribution in [0.4, 0.5) is 5.69 Å². The van der Waals surface area contributed by atoms with Crippen LogP contribution in [0.15, 0.2) is 43.5 Å². The number of carbonyl (C=O) groups is 1. The van der Waals surface area contributed by atoms with Crippen LogP contribution in [0.3, 0.4) is 0 Å². The van der Waals surface area contributed by atoms with Gasteiger partial charge in [-0.2, -0.15) is 0 Å². The molecule has 0 aliphatic heterocycles. The summed E-state index contributed by atoms with van der Waals surface area (Å²) >= 11 is 11.8. The fourth-order valence-corrected chi connectivity index (χ4v) is 2.01. The minimum Gasteiger partial charge on any atom is -0.324 e. The van der Waals surface area contributed by atoms with Gasteiger partial charge >= 0.3 is 0 Å². The third-order valence-electron chi connectivity index (χ3n) is 2.35. The van der Waals surface area contributed by atoms with Crippen molar-refractivity contribution >= 4 is 34.8 Å². The lowest BCUT2D eigenvalue weighted by Gasteiger charge is -2.18. The summed E-state index contributed by atoms with van der Waals surface area (Å²) < 4.78 is 0. The highest BCUT2D eigenvalue weighted by Crippen LogP contribution is 2.25. The zero-order valence-corrected chi connectivity index (χ0v) is 12.0. The highest BCUT2D eigenvalue weighted by atomic mass is 35.5. The van der Waals surface area contributed by atoms with Gasteiger partial charge in [-0.25, -0.2) is 0 Å². The van der Waals surface area contributed by atoms with Crippen LogP contribution in [0, 0.1) is 0 Å². The normalized spacial score (nSPS) is 10.3. The van der Waals surface area contributed by atoms with Gasteiger partial charge in [0.15, 0.2) is 0 Å².